The number of amides is 1. The van der Waals surface area contributed by atoms with Crippen LogP contribution in [0, 0.1) is 12.7 Å². The number of piperazine rings is 1. The molecule has 2 heterocycles. The van der Waals surface area contributed by atoms with E-state index >= 15 is 0 Å². The van der Waals surface area contributed by atoms with Crippen LogP contribution >= 0.6 is 0 Å². The second-order valence-electron chi connectivity index (χ2n) is 6.72. The lowest BCUT2D eigenvalue weighted by Gasteiger charge is -2.33. The molecule has 0 radical (unpaired) electrons. The highest BCUT2D eigenvalue weighted by Crippen LogP contribution is 2.12. The van der Waals surface area contributed by atoms with Crippen molar-refractivity contribution in [3.8, 4) is 0 Å². The number of aromatic nitrogens is 2. The predicted octanol–water partition coefficient (Wildman–Crippen LogP) is 2.36. The molecule has 1 N–H and O–H groups in total. The SMILES string of the molecule is CCN1CCN(C(=O)c2cc(NCCc3ccc(F)cc3)nc(C)n2)CC1. The van der Waals surface area contributed by atoms with Gasteiger partial charge in [0.05, 0.1) is 0 Å². The van der Waals surface area contributed by atoms with Crippen molar-refractivity contribution < 1.29 is 9.18 Å². The van der Waals surface area contributed by atoms with Crippen LogP contribution in [0.5, 0.6) is 0 Å². The van der Waals surface area contributed by atoms with Crippen LogP contribution < -0.4 is 5.32 Å². The van der Waals surface area contributed by atoms with E-state index in [1.54, 1.807) is 25.1 Å². The van der Waals surface area contributed by atoms with E-state index in [4.69, 9.17) is 0 Å². The fraction of sp³-hybridized carbons (Fsp3) is 0.450. The number of hydrogen-bond acceptors (Lipinski definition) is 5. The molecule has 1 aliphatic rings. The first-order valence-corrected chi connectivity index (χ1v) is 9.41. The van der Waals surface area contributed by atoms with Gasteiger partial charge in [0.1, 0.15) is 23.2 Å². The molecule has 144 valence electrons. The molecule has 0 spiro atoms. The van der Waals surface area contributed by atoms with Crippen molar-refractivity contribution in [3.05, 3.63) is 53.2 Å². The summed E-state index contributed by atoms with van der Waals surface area (Å²) < 4.78 is 13.0. The van der Waals surface area contributed by atoms with Gasteiger partial charge in [-0.25, -0.2) is 14.4 Å². The van der Waals surface area contributed by atoms with Crippen molar-refractivity contribution in [2.75, 3.05) is 44.6 Å². The fourth-order valence-corrected chi connectivity index (χ4v) is 3.18. The number of aryl methyl sites for hydroxylation is 1. The topological polar surface area (TPSA) is 61.4 Å². The van der Waals surface area contributed by atoms with Crippen molar-refractivity contribution in [3.63, 3.8) is 0 Å². The number of nitrogens with zero attached hydrogens (tertiary/aromatic N) is 4. The van der Waals surface area contributed by atoms with Crippen LogP contribution in [0.15, 0.2) is 30.3 Å². The molecule has 1 aromatic heterocycles. The number of benzene rings is 1. The Kier molecular flexibility index (Phi) is 6.34. The molecule has 27 heavy (non-hydrogen) atoms. The Morgan fingerprint density at radius 1 is 1.15 bits per heavy atom. The average Bonchev–Trinajstić information content (AvgIpc) is 2.68. The van der Waals surface area contributed by atoms with Gasteiger partial charge in [-0.3, -0.25) is 4.79 Å². The summed E-state index contributed by atoms with van der Waals surface area (Å²) in [5.41, 5.74) is 1.47. The van der Waals surface area contributed by atoms with Crippen LogP contribution in [0.3, 0.4) is 0 Å². The molecule has 7 heteroatoms. The molecular weight excluding hydrogens is 345 g/mol. The lowest BCUT2D eigenvalue weighted by molar-refractivity contribution is 0.0637. The van der Waals surface area contributed by atoms with Crippen LogP contribution in [0.2, 0.25) is 0 Å². The standard InChI is InChI=1S/C20H26FN5O/c1-3-25-10-12-26(13-11-25)20(27)18-14-19(24-15(2)23-18)22-9-8-16-4-6-17(21)7-5-16/h4-7,14H,3,8-13H2,1-2H3,(H,22,23,24). The van der Waals surface area contributed by atoms with Gasteiger partial charge in [0.15, 0.2) is 0 Å². The van der Waals surface area contributed by atoms with Crippen LogP contribution in [-0.2, 0) is 6.42 Å². The molecule has 0 atom stereocenters. The van der Waals surface area contributed by atoms with E-state index in [-0.39, 0.29) is 11.7 Å². The largest absolute Gasteiger partial charge is 0.370 e. The fourth-order valence-electron chi connectivity index (χ4n) is 3.18. The molecule has 0 bridgehead atoms. The molecule has 0 unspecified atom stereocenters. The minimum absolute atomic E-state index is 0.0437. The highest BCUT2D eigenvalue weighted by molar-refractivity contribution is 5.93. The van der Waals surface area contributed by atoms with E-state index in [1.165, 1.54) is 12.1 Å². The maximum absolute atomic E-state index is 13.0. The first kappa shape index (κ1) is 19.2. The number of carbonyl (C=O) groups excluding carboxylic acids is 1. The number of likely N-dealkylation sites (N-methyl/N-ethyl adjacent to an activating group) is 1. The summed E-state index contributed by atoms with van der Waals surface area (Å²) in [5.74, 6) is 0.927. The van der Waals surface area contributed by atoms with Crippen molar-refractivity contribution in [2.24, 2.45) is 0 Å². The van der Waals surface area contributed by atoms with E-state index in [0.717, 1.165) is 44.7 Å². The third-order valence-corrected chi connectivity index (χ3v) is 4.80. The number of hydrogen-bond donors (Lipinski definition) is 1. The highest BCUT2D eigenvalue weighted by atomic mass is 19.1. The van der Waals surface area contributed by atoms with E-state index in [9.17, 15) is 9.18 Å². The van der Waals surface area contributed by atoms with Gasteiger partial charge in [0.25, 0.3) is 5.91 Å². The van der Waals surface area contributed by atoms with Gasteiger partial charge in [0.2, 0.25) is 0 Å². The van der Waals surface area contributed by atoms with E-state index in [2.05, 4.69) is 27.1 Å². The maximum Gasteiger partial charge on any atom is 0.272 e. The number of rotatable bonds is 6. The summed E-state index contributed by atoms with van der Waals surface area (Å²) in [7, 11) is 0. The molecule has 1 saturated heterocycles. The van der Waals surface area contributed by atoms with Crippen LogP contribution in [0.25, 0.3) is 0 Å². The molecule has 1 aromatic carbocycles. The average molecular weight is 371 g/mol. The molecule has 2 aromatic rings. The minimum atomic E-state index is -0.235. The van der Waals surface area contributed by atoms with Gasteiger partial charge in [-0.05, 0) is 37.6 Å². The Balaban J connectivity index is 1.60. The summed E-state index contributed by atoms with van der Waals surface area (Å²) in [6.45, 7) is 8.82. The third kappa shape index (κ3) is 5.23. The summed E-state index contributed by atoms with van der Waals surface area (Å²) in [4.78, 5) is 25.7. The second kappa shape index (κ2) is 8.90. The van der Waals surface area contributed by atoms with Gasteiger partial charge >= 0.3 is 0 Å². The van der Waals surface area contributed by atoms with Crippen molar-refractivity contribution in [2.45, 2.75) is 20.3 Å². The van der Waals surface area contributed by atoms with Gasteiger partial charge < -0.3 is 15.1 Å². The first-order valence-electron chi connectivity index (χ1n) is 9.41. The lowest BCUT2D eigenvalue weighted by Crippen LogP contribution is -2.48. The van der Waals surface area contributed by atoms with Crippen molar-refractivity contribution in [1.82, 2.24) is 19.8 Å². The van der Waals surface area contributed by atoms with Gasteiger partial charge in [-0.2, -0.15) is 0 Å². The zero-order valence-corrected chi connectivity index (χ0v) is 15.9. The molecule has 6 nitrogen and oxygen atoms in total. The van der Waals surface area contributed by atoms with E-state index in [1.807, 2.05) is 4.90 Å². The number of halogens is 1. The zero-order valence-electron chi connectivity index (χ0n) is 15.9. The monoisotopic (exact) mass is 371 g/mol. The lowest BCUT2D eigenvalue weighted by atomic mass is 10.1. The first-order chi connectivity index (χ1) is 13.0. The Morgan fingerprint density at radius 3 is 2.52 bits per heavy atom. The molecule has 1 fully saturated rings. The van der Waals surface area contributed by atoms with Gasteiger partial charge in [-0.15, -0.1) is 0 Å². The Hall–Kier alpha value is -2.54. The molecule has 3 rings (SSSR count). The third-order valence-electron chi connectivity index (χ3n) is 4.80. The van der Waals surface area contributed by atoms with Crippen LogP contribution in [-0.4, -0.2) is 64.9 Å². The van der Waals surface area contributed by atoms with Gasteiger partial charge in [-0.1, -0.05) is 19.1 Å². The summed E-state index contributed by atoms with van der Waals surface area (Å²) >= 11 is 0. The van der Waals surface area contributed by atoms with Crippen molar-refractivity contribution >= 4 is 11.7 Å². The highest BCUT2D eigenvalue weighted by Gasteiger charge is 2.23. The second-order valence-corrected chi connectivity index (χ2v) is 6.72. The molecule has 0 saturated carbocycles. The molecular formula is C20H26FN5O. The van der Waals surface area contributed by atoms with E-state index < -0.39 is 0 Å². The smallest absolute Gasteiger partial charge is 0.272 e. The van der Waals surface area contributed by atoms with Gasteiger partial charge in [0, 0.05) is 38.8 Å². The Morgan fingerprint density at radius 2 is 1.85 bits per heavy atom. The zero-order chi connectivity index (χ0) is 19.2. The summed E-state index contributed by atoms with van der Waals surface area (Å²) in [6.07, 6.45) is 0.742. The van der Waals surface area contributed by atoms with E-state index in [0.29, 0.717) is 23.9 Å². The predicted molar refractivity (Wildman–Crippen MR) is 103 cm³/mol. The Labute approximate surface area is 159 Å². The normalized spacial score (nSPS) is 15.0. The van der Waals surface area contributed by atoms with Crippen LogP contribution in [0.4, 0.5) is 10.2 Å². The van der Waals surface area contributed by atoms with Crippen LogP contribution in [0.1, 0.15) is 28.8 Å². The summed E-state index contributed by atoms with van der Waals surface area (Å²) in [6, 6.07) is 8.17. The molecule has 1 aliphatic heterocycles. The maximum atomic E-state index is 13.0. The molecule has 1 amide bonds. The quantitative estimate of drug-likeness (QED) is 0.845. The Bertz CT molecular complexity index is 772. The number of carbonyl (C=O) groups is 1. The summed E-state index contributed by atoms with van der Waals surface area (Å²) in [5, 5.41) is 3.24. The van der Waals surface area contributed by atoms with Crippen molar-refractivity contribution in [1.29, 1.82) is 0 Å². The molecule has 0 aliphatic carbocycles. The minimum Gasteiger partial charge on any atom is -0.370 e. The number of anilines is 1. The number of nitrogens with one attached hydrogen (secondary N) is 1.